The van der Waals surface area contributed by atoms with Gasteiger partial charge in [-0.2, -0.15) is 16.8 Å². The van der Waals surface area contributed by atoms with Crippen LogP contribution in [0.15, 0.2) is 58.3 Å². The molecule has 0 aliphatic carbocycles. The molecular formula is C18H14N2O9S2. The summed E-state index contributed by atoms with van der Waals surface area (Å²) in [6.45, 7) is 1.44. The van der Waals surface area contributed by atoms with Gasteiger partial charge in [-0.3, -0.25) is 24.0 Å². The Morgan fingerprint density at radius 1 is 0.968 bits per heavy atom. The highest BCUT2D eigenvalue weighted by atomic mass is 32.2. The summed E-state index contributed by atoms with van der Waals surface area (Å²) in [5.41, 5.74) is -0.422. The number of benzene rings is 3. The van der Waals surface area contributed by atoms with Gasteiger partial charge in [0.05, 0.1) is 10.6 Å². The van der Waals surface area contributed by atoms with E-state index in [1.54, 1.807) is 0 Å². The zero-order valence-electron chi connectivity index (χ0n) is 15.6. The molecule has 3 N–H and O–H groups in total. The fourth-order valence-corrected chi connectivity index (χ4v) is 4.54. The number of aryl methyl sites for hydroxylation is 1. The predicted molar refractivity (Wildman–Crippen MR) is 109 cm³/mol. The molecule has 0 fully saturated rings. The van der Waals surface area contributed by atoms with Crippen molar-refractivity contribution in [2.75, 3.05) is 5.32 Å². The number of rotatable bonds is 5. The van der Waals surface area contributed by atoms with Crippen molar-refractivity contribution in [1.82, 2.24) is 0 Å². The molecular weight excluding hydrogens is 452 g/mol. The van der Waals surface area contributed by atoms with Crippen molar-refractivity contribution in [3.63, 3.8) is 0 Å². The van der Waals surface area contributed by atoms with Crippen LogP contribution in [0.4, 0.5) is 11.4 Å². The normalized spacial score (nSPS) is 12.0. The Morgan fingerprint density at radius 3 is 2.19 bits per heavy atom. The highest BCUT2D eigenvalue weighted by Gasteiger charge is 2.24. The zero-order valence-corrected chi connectivity index (χ0v) is 17.3. The van der Waals surface area contributed by atoms with E-state index in [0.29, 0.717) is 0 Å². The smallest absolute Gasteiger partial charge is 0.295 e. The lowest BCUT2D eigenvalue weighted by Crippen LogP contribution is -2.14. The van der Waals surface area contributed by atoms with Gasteiger partial charge in [0.25, 0.3) is 31.8 Å². The zero-order chi connectivity index (χ0) is 23.1. The average Bonchev–Trinajstić information content (AvgIpc) is 2.65. The molecule has 13 heteroatoms. The first-order valence-electron chi connectivity index (χ1n) is 8.37. The number of carbonyl (C=O) groups is 1. The Morgan fingerprint density at radius 2 is 1.61 bits per heavy atom. The van der Waals surface area contributed by atoms with Gasteiger partial charge in [0, 0.05) is 28.5 Å². The Hall–Kier alpha value is -3.39. The molecule has 31 heavy (non-hydrogen) atoms. The van der Waals surface area contributed by atoms with Crippen molar-refractivity contribution < 1.29 is 35.7 Å². The van der Waals surface area contributed by atoms with E-state index in [1.165, 1.54) is 31.2 Å². The monoisotopic (exact) mass is 466 g/mol. The Kier molecular flexibility index (Phi) is 5.54. The summed E-state index contributed by atoms with van der Waals surface area (Å²) in [5.74, 6) is -0.855. The van der Waals surface area contributed by atoms with E-state index >= 15 is 0 Å². The number of nitrogens with one attached hydrogen (secondary N) is 1. The van der Waals surface area contributed by atoms with Gasteiger partial charge in [-0.15, -0.1) is 0 Å². The maximum atomic E-state index is 12.6. The fraction of sp³-hybridized carbons (Fsp3) is 0.0556. The van der Waals surface area contributed by atoms with Crippen molar-refractivity contribution in [3.05, 3.63) is 69.8 Å². The van der Waals surface area contributed by atoms with Gasteiger partial charge in [0.2, 0.25) is 0 Å². The minimum atomic E-state index is -4.87. The van der Waals surface area contributed by atoms with Crippen molar-refractivity contribution in [2.45, 2.75) is 16.7 Å². The molecule has 0 saturated carbocycles. The van der Waals surface area contributed by atoms with Crippen LogP contribution < -0.4 is 5.32 Å². The second-order valence-corrected chi connectivity index (χ2v) is 9.29. The number of hydrogen-bond acceptors (Lipinski definition) is 7. The molecule has 3 aromatic carbocycles. The van der Waals surface area contributed by atoms with Gasteiger partial charge in [-0.05, 0) is 42.8 Å². The highest BCUT2D eigenvalue weighted by Crippen LogP contribution is 2.36. The molecule has 3 aromatic rings. The molecule has 0 heterocycles. The van der Waals surface area contributed by atoms with E-state index < -0.39 is 40.9 Å². The summed E-state index contributed by atoms with van der Waals surface area (Å²) in [4.78, 5) is 21.5. The van der Waals surface area contributed by atoms with E-state index in [2.05, 4.69) is 5.32 Å². The van der Waals surface area contributed by atoms with Crippen LogP contribution in [0.2, 0.25) is 0 Å². The van der Waals surface area contributed by atoms with Crippen LogP contribution in [-0.2, 0) is 20.2 Å². The van der Waals surface area contributed by atoms with Crippen molar-refractivity contribution in [3.8, 4) is 0 Å². The van der Waals surface area contributed by atoms with Gasteiger partial charge in [0.15, 0.2) is 0 Å². The first-order chi connectivity index (χ1) is 14.3. The summed E-state index contributed by atoms with van der Waals surface area (Å²) in [7, 11) is -9.66. The number of nitro benzene ring substituents is 1. The maximum absolute atomic E-state index is 12.6. The summed E-state index contributed by atoms with van der Waals surface area (Å²) in [6.07, 6.45) is 0. The summed E-state index contributed by atoms with van der Waals surface area (Å²) >= 11 is 0. The minimum absolute atomic E-state index is 0.123. The summed E-state index contributed by atoms with van der Waals surface area (Å²) in [5, 5.41) is 12.7. The lowest BCUT2D eigenvalue weighted by atomic mass is 10.1. The number of anilines is 1. The molecule has 0 bridgehead atoms. The minimum Gasteiger partial charge on any atom is -0.321 e. The van der Waals surface area contributed by atoms with Crippen LogP contribution >= 0.6 is 0 Å². The summed E-state index contributed by atoms with van der Waals surface area (Å²) in [6, 6.07) is 9.04. The number of fused-ring (bicyclic) bond motifs is 1. The second kappa shape index (κ2) is 7.70. The molecule has 0 aromatic heterocycles. The van der Waals surface area contributed by atoms with Crippen LogP contribution in [0.5, 0.6) is 0 Å². The van der Waals surface area contributed by atoms with Crippen molar-refractivity contribution in [1.29, 1.82) is 0 Å². The number of non-ortho nitro benzene ring substituents is 1. The van der Waals surface area contributed by atoms with Crippen LogP contribution in [0.3, 0.4) is 0 Å². The number of nitrogens with zero attached hydrogens (tertiary/aromatic N) is 1. The predicted octanol–water partition coefficient (Wildman–Crippen LogP) is 2.80. The third kappa shape index (κ3) is 4.54. The number of nitro groups is 1. The first kappa shape index (κ1) is 22.3. The van der Waals surface area contributed by atoms with Crippen molar-refractivity contribution in [2.24, 2.45) is 0 Å². The fourth-order valence-electron chi connectivity index (χ4n) is 3.05. The second-order valence-electron chi connectivity index (χ2n) is 6.51. The average molecular weight is 466 g/mol. The molecule has 0 aliphatic heterocycles. The van der Waals surface area contributed by atoms with Gasteiger partial charge in [-0.25, -0.2) is 0 Å². The van der Waals surface area contributed by atoms with E-state index in [1.807, 2.05) is 0 Å². The standard InChI is InChI=1S/C18H14N2O9S2/c1-10-7-13-15(30(24,25)26)6-5-14(17(13)16(8-10)31(27,28)29)19-18(21)11-3-2-4-12(9-11)20(22)23/h2-9H,1H3,(H,19,21)(H,24,25,26)(H,27,28,29). The lowest BCUT2D eigenvalue weighted by Gasteiger charge is -2.15. The topological polar surface area (TPSA) is 181 Å². The third-order valence-electron chi connectivity index (χ3n) is 4.31. The van der Waals surface area contributed by atoms with E-state index in [4.69, 9.17) is 0 Å². The van der Waals surface area contributed by atoms with Crippen molar-refractivity contribution >= 4 is 48.3 Å². The highest BCUT2D eigenvalue weighted by molar-refractivity contribution is 7.86. The van der Waals surface area contributed by atoms with Crippen LogP contribution in [-0.4, -0.2) is 36.8 Å². The van der Waals surface area contributed by atoms with E-state index in [-0.39, 0.29) is 33.3 Å². The van der Waals surface area contributed by atoms with Gasteiger partial charge >= 0.3 is 0 Å². The summed E-state index contributed by atoms with van der Waals surface area (Å²) < 4.78 is 66.6. The SMILES string of the molecule is Cc1cc(S(=O)(=O)O)c2c(NC(=O)c3cccc([N+](=O)[O-])c3)ccc(S(=O)(=O)O)c2c1. The Balaban J connectivity index is 2.27. The quantitative estimate of drug-likeness (QED) is 0.289. The number of hydrogen-bond donors (Lipinski definition) is 3. The molecule has 11 nitrogen and oxygen atoms in total. The third-order valence-corrected chi connectivity index (χ3v) is 6.10. The Bertz CT molecular complexity index is 1460. The molecule has 0 aliphatic rings. The molecule has 0 saturated heterocycles. The van der Waals surface area contributed by atoms with Crippen LogP contribution in [0.25, 0.3) is 10.8 Å². The molecule has 0 spiro atoms. The molecule has 162 valence electrons. The van der Waals surface area contributed by atoms with Crippen LogP contribution in [0.1, 0.15) is 15.9 Å². The molecule has 0 radical (unpaired) electrons. The largest absolute Gasteiger partial charge is 0.321 e. The molecule has 1 amide bonds. The Labute approximate surface area is 176 Å². The van der Waals surface area contributed by atoms with Crippen LogP contribution in [0, 0.1) is 17.0 Å². The van der Waals surface area contributed by atoms with E-state index in [0.717, 1.165) is 24.3 Å². The molecule has 0 atom stereocenters. The van der Waals surface area contributed by atoms with Gasteiger partial charge in [0.1, 0.15) is 9.79 Å². The first-order valence-corrected chi connectivity index (χ1v) is 11.2. The van der Waals surface area contributed by atoms with Gasteiger partial charge in [-0.1, -0.05) is 6.07 Å². The number of amides is 1. The maximum Gasteiger partial charge on any atom is 0.295 e. The molecule has 3 rings (SSSR count). The van der Waals surface area contributed by atoms with E-state index in [9.17, 15) is 40.8 Å². The lowest BCUT2D eigenvalue weighted by molar-refractivity contribution is -0.384. The number of carbonyl (C=O) groups excluding carboxylic acids is 1. The molecule has 0 unspecified atom stereocenters. The van der Waals surface area contributed by atoms with Gasteiger partial charge < -0.3 is 5.32 Å².